The molecule has 0 saturated heterocycles. The van der Waals surface area contributed by atoms with Crippen LogP contribution in [0.15, 0.2) is 48.5 Å². The van der Waals surface area contributed by atoms with E-state index in [1.165, 1.54) is 0 Å². The van der Waals surface area contributed by atoms with Crippen molar-refractivity contribution in [2.45, 2.75) is 26.7 Å². The summed E-state index contributed by atoms with van der Waals surface area (Å²) in [4.78, 5) is 22.7. The molecule has 4 nitrogen and oxygen atoms in total. The molecule has 2 aromatic carbocycles. The van der Waals surface area contributed by atoms with Crippen molar-refractivity contribution in [2.75, 3.05) is 10.6 Å². The number of carbonyl (C=O) groups is 2. The van der Waals surface area contributed by atoms with Gasteiger partial charge in [-0.15, -0.1) is 0 Å². The van der Waals surface area contributed by atoms with Crippen molar-refractivity contribution >= 4 is 35.3 Å². The lowest BCUT2D eigenvalue weighted by Gasteiger charge is -2.04. The molecule has 4 heteroatoms. The van der Waals surface area contributed by atoms with Crippen molar-refractivity contribution in [3.63, 3.8) is 0 Å². The van der Waals surface area contributed by atoms with E-state index in [0.29, 0.717) is 12.8 Å². The number of nitrogens with one attached hydrogen (secondary N) is 2. The molecule has 2 rings (SSSR count). The summed E-state index contributed by atoms with van der Waals surface area (Å²) in [5.41, 5.74) is 3.70. The normalized spacial score (nSPS) is 10.6. The monoisotopic (exact) mass is 322 g/mol. The second-order valence-electron chi connectivity index (χ2n) is 5.38. The lowest BCUT2D eigenvalue weighted by molar-refractivity contribution is -0.116. The highest BCUT2D eigenvalue weighted by molar-refractivity contribution is 5.91. The molecule has 24 heavy (non-hydrogen) atoms. The van der Waals surface area contributed by atoms with Crippen LogP contribution in [-0.2, 0) is 9.59 Å². The van der Waals surface area contributed by atoms with E-state index in [1.54, 1.807) is 0 Å². The van der Waals surface area contributed by atoms with E-state index in [-0.39, 0.29) is 11.8 Å². The Kier molecular flexibility index (Phi) is 6.32. The lowest BCUT2D eigenvalue weighted by Crippen LogP contribution is -2.09. The number of hydrogen-bond acceptors (Lipinski definition) is 2. The first-order chi connectivity index (χ1) is 11.6. The minimum atomic E-state index is 0.00791. The smallest absolute Gasteiger partial charge is 0.224 e. The molecule has 0 aliphatic heterocycles. The van der Waals surface area contributed by atoms with Crippen LogP contribution in [-0.4, -0.2) is 11.8 Å². The fraction of sp³-hybridized carbons (Fsp3) is 0.200. The standard InChI is InChI=1S/C20H22N2O2/c1-3-19(23)21-17-11-7-15(8-12-17)5-6-16-9-13-18(14-10-16)22-20(24)4-2/h5-14H,3-4H2,1-2H3,(H,21,23)(H,22,24)/b6-5+. The summed E-state index contributed by atoms with van der Waals surface area (Å²) in [6, 6.07) is 15.4. The van der Waals surface area contributed by atoms with Crippen molar-refractivity contribution in [3.8, 4) is 0 Å². The molecule has 2 amide bonds. The molecule has 0 aromatic heterocycles. The summed E-state index contributed by atoms with van der Waals surface area (Å²) in [5, 5.41) is 5.64. The van der Waals surface area contributed by atoms with Crippen molar-refractivity contribution in [1.82, 2.24) is 0 Å². The summed E-state index contributed by atoms with van der Waals surface area (Å²) in [7, 11) is 0. The predicted molar refractivity (Wildman–Crippen MR) is 99.7 cm³/mol. The van der Waals surface area contributed by atoms with Gasteiger partial charge in [-0.1, -0.05) is 50.3 Å². The van der Waals surface area contributed by atoms with Gasteiger partial charge in [-0.25, -0.2) is 0 Å². The van der Waals surface area contributed by atoms with Gasteiger partial charge in [-0.05, 0) is 35.4 Å². The first-order valence-electron chi connectivity index (χ1n) is 8.08. The first kappa shape index (κ1) is 17.5. The van der Waals surface area contributed by atoms with Crippen LogP contribution in [0.25, 0.3) is 12.2 Å². The minimum absolute atomic E-state index is 0.00791. The second-order valence-corrected chi connectivity index (χ2v) is 5.38. The number of benzene rings is 2. The van der Waals surface area contributed by atoms with E-state index in [9.17, 15) is 9.59 Å². The van der Waals surface area contributed by atoms with Gasteiger partial charge in [0, 0.05) is 24.2 Å². The molecule has 0 aliphatic carbocycles. The van der Waals surface area contributed by atoms with Crippen molar-refractivity contribution in [1.29, 1.82) is 0 Å². The predicted octanol–water partition coefficient (Wildman–Crippen LogP) is 4.55. The molecule has 0 heterocycles. The summed E-state index contributed by atoms with van der Waals surface area (Å²) in [6.45, 7) is 3.65. The van der Waals surface area contributed by atoms with Gasteiger partial charge in [0.15, 0.2) is 0 Å². The molecule has 2 aromatic rings. The fourth-order valence-corrected chi connectivity index (χ4v) is 2.05. The van der Waals surface area contributed by atoms with Gasteiger partial charge in [-0.3, -0.25) is 9.59 Å². The Hall–Kier alpha value is -2.88. The third-order valence-electron chi connectivity index (χ3n) is 3.50. The number of amides is 2. The highest BCUT2D eigenvalue weighted by Crippen LogP contribution is 2.15. The number of hydrogen-bond donors (Lipinski definition) is 2. The maximum atomic E-state index is 11.3. The Labute approximate surface area is 142 Å². The number of anilines is 2. The number of rotatable bonds is 6. The SMILES string of the molecule is CCC(=O)Nc1ccc(/C=C/c2ccc(NC(=O)CC)cc2)cc1. The van der Waals surface area contributed by atoms with E-state index in [0.717, 1.165) is 22.5 Å². The Morgan fingerprint density at radius 1 is 0.708 bits per heavy atom. The Morgan fingerprint density at radius 3 is 1.33 bits per heavy atom. The average Bonchev–Trinajstić information content (AvgIpc) is 2.62. The summed E-state index contributed by atoms with van der Waals surface area (Å²) < 4.78 is 0. The Morgan fingerprint density at radius 2 is 1.04 bits per heavy atom. The summed E-state index contributed by atoms with van der Waals surface area (Å²) in [5.74, 6) is 0.0158. The van der Waals surface area contributed by atoms with Crippen LogP contribution in [0.2, 0.25) is 0 Å². The summed E-state index contributed by atoms with van der Waals surface area (Å²) >= 11 is 0. The van der Waals surface area contributed by atoms with Gasteiger partial charge in [-0.2, -0.15) is 0 Å². The van der Waals surface area contributed by atoms with Crippen LogP contribution < -0.4 is 10.6 Å². The van der Waals surface area contributed by atoms with Gasteiger partial charge in [0.25, 0.3) is 0 Å². The van der Waals surface area contributed by atoms with Crippen LogP contribution in [0.1, 0.15) is 37.8 Å². The number of carbonyl (C=O) groups excluding carboxylic acids is 2. The molecule has 0 unspecified atom stereocenters. The van der Waals surface area contributed by atoms with E-state index in [2.05, 4.69) is 10.6 Å². The second kappa shape index (κ2) is 8.67. The van der Waals surface area contributed by atoms with Gasteiger partial charge in [0.05, 0.1) is 0 Å². The Bertz CT molecular complexity index is 653. The van der Waals surface area contributed by atoms with Crippen molar-refractivity contribution < 1.29 is 9.59 Å². The van der Waals surface area contributed by atoms with E-state index < -0.39 is 0 Å². The van der Waals surface area contributed by atoms with Crippen LogP contribution in [0.4, 0.5) is 11.4 Å². The molecule has 124 valence electrons. The zero-order valence-corrected chi connectivity index (χ0v) is 14.0. The average molecular weight is 322 g/mol. The lowest BCUT2D eigenvalue weighted by atomic mass is 10.1. The largest absolute Gasteiger partial charge is 0.326 e. The van der Waals surface area contributed by atoms with E-state index in [1.807, 2.05) is 74.5 Å². The molecule has 0 spiro atoms. The van der Waals surface area contributed by atoms with Gasteiger partial charge in [0.2, 0.25) is 11.8 Å². The Balaban J connectivity index is 1.97. The highest BCUT2D eigenvalue weighted by Gasteiger charge is 1.99. The molecule has 0 aliphatic rings. The van der Waals surface area contributed by atoms with E-state index >= 15 is 0 Å². The van der Waals surface area contributed by atoms with E-state index in [4.69, 9.17) is 0 Å². The van der Waals surface area contributed by atoms with Crippen molar-refractivity contribution in [3.05, 3.63) is 59.7 Å². The molecular formula is C20H22N2O2. The molecular weight excluding hydrogens is 300 g/mol. The van der Waals surface area contributed by atoms with Gasteiger partial charge < -0.3 is 10.6 Å². The first-order valence-corrected chi connectivity index (χ1v) is 8.08. The molecule has 0 saturated carbocycles. The minimum Gasteiger partial charge on any atom is -0.326 e. The third kappa shape index (κ3) is 5.39. The van der Waals surface area contributed by atoms with Crippen LogP contribution >= 0.6 is 0 Å². The van der Waals surface area contributed by atoms with Crippen LogP contribution in [0.5, 0.6) is 0 Å². The zero-order valence-electron chi connectivity index (χ0n) is 14.0. The maximum absolute atomic E-state index is 11.3. The fourth-order valence-electron chi connectivity index (χ4n) is 2.05. The molecule has 0 radical (unpaired) electrons. The quantitative estimate of drug-likeness (QED) is 0.766. The zero-order chi connectivity index (χ0) is 17.4. The highest BCUT2D eigenvalue weighted by atomic mass is 16.2. The van der Waals surface area contributed by atoms with Crippen molar-refractivity contribution in [2.24, 2.45) is 0 Å². The van der Waals surface area contributed by atoms with Crippen LogP contribution in [0, 0.1) is 0 Å². The van der Waals surface area contributed by atoms with Gasteiger partial charge in [0.1, 0.15) is 0 Å². The maximum Gasteiger partial charge on any atom is 0.224 e. The molecule has 0 bridgehead atoms. The van der Waals surface area contributed by atoms with Gasteiger partial charge >= 0.3 is 0 Å². The summed E-state index contributed by atoms with van der Waals surface area (Å²) in [6.07, 6.45) is 4.95. The van der Waals surface area contributed by atoms with Crippen LogP contribution in [0.3, 0.4) is 0 Å². The molecule has 2 N–H and O–H groups in total. The third-order valence-corrected chi connectivity index (χ3v) is 3.50. The molecule has 0 atom stereocenters. The molecule has 0 fully saturated rings. The topological polar surface area (TPSA) is 58.2 Å².